The first-order chi connectivity index (χ1) is 20.2. The Kier molecular flexibility index (Phi) is 7.50. The lowest BCUT2D eigenvalue weighted by Crippen LogP contribution is -2.41. The number of amides is 1. The predicted molar refractivity (Wildman–Crippen MR) is 141 cm³/mol. The van der Waals surface area contributed by atoms with E-state index in [-0.39, 0.29) is 52.9 Å². The largest absolute Gasteiger partial charge is 0.416 e. The molecule has 3 heterocycles. The minimum atomic E-state index is -5.08. The first kappa shape index (κ1) is 29.8. The van der Waals surface area contributed by atoms with Gasteiger partial charge in [0.25, 0.3) is 11.5 Å². The highest BCUT2D eigenvalue weighted by Gasteiger charge is 2.38. The summed E-state index contributed by atoms with van der Waals surface area (Å²) >= 11 is 0. The Balaban J connectivity index is 1.75. The molecule has 0 N–H and O–H groups in total. The summed E-state index contributed by atoms with van der Waals surface area (Å²) in [5.74, 6) is -1.71. The van der Waals surface area contributed by atoms with Crippen molar-refractivity contribution in [2.75, 3.05) is 6.54 Å². The molecule has 2 aromatic heterocycles. The van der Waals surface area contributed by atoms with Gasteiger partial charge in [0.1, 0.15) is 28.8 Å². The van der Waals surface area contributed by atoms with Crippen LogP contribution in [0.2, 0.25) is 0 Å². The van der Waals surface area contributed by atoms with Crippen molar-refractivity contribution in [1.82, 2.24) is 14.5 Å². The van der Waals surface area contributed by atoms with E-state index in [1.165, 1.54) is 24.3 Å². The Bertz CT molecular complexity index is 1810. The van der Waals surface area contributed by atoms with E-state index in [1.54, 1.807) is 6.92 Å². The number of hydrogen-bond donors (Lipinski definition) is 0. The molecule has 0 fully saturated rings. The molecule has 2 aromatic carbocycles. The molecule has 0 saturated carbocycles. The van der Waals surface area contributed by atoms with Crippen molar-refractivity contribution in [3.05, 3.63) is 98.8 Å². The third-order valence-corrected chi connectivity index (χ3v) is 7.25. The van der Waals surface area contributed by atoms with Crippen molar-refractivity contribution in [3.63, 3.8) is 0 Å². The number of nitrogens with zero attached hydrogens (tertiary/aromatic N) is 4. The van der Waals surface area contributed by atoms with E-state index in [0.717, 1.165) is 21.6 Å². The lowest BCUT2D eigenvalue weighted by atomic mass is 9.95. The second-order valence-electron chi connectivity index (χ2n) is 10.4. The van der Waals surface area contributed by atoms with Crippen LogP contribution in [-0.4, -0.2) is 26.9 Å². The number of benzene rings is 2. The molecule has 1 aliphatic rings. The van der Waals surface area contributed by atoms with Gasteiger partial charge in [0.2, 0.25) is 0 Å². The molecule has 0 aliphatic carbocycles. The van der Waals surface area contributed by atoms with Crippen LogP contribution in [0.5, 0.6) is 0 Å². The highest BCUT2D eigenvalue weighted by Crippen LogP contribution is 2.38. The van der Waals surface area contributed by atoms with E-state index in [0.29, 0.717) is 24.1 Å². The topological polar surface area (TPSA) is 79.0 Å². The SMILES string of the molecule is CC1CCn2c(c(-c3ccc(F)cc3)c3ccc(C#N)nc3c2=O)C(=O)N(Cc2cc(C(F)(F)F)cc(C(F)(F)F)c2)C1. The van der Waals surface area contributed by atoms with Gasteiger partial charge in [-0.2, -0.15) is 31.6 Å². The molecule has 4 aromatic rings. The van der Waals surface area contributed by atoms with Crippen LogP contribution in [-0.2, 0) is 25.4 Å². The lowest BCUT2D eigenvalue weighted by Gasteiger charge is -2.32. The Morgan fingerprint density at radius 3 is 2.16 bits per heavy atom. The quantitative estimate of drug-likeness (QED) is 0.242. The maximum Gasteiger partial charge on any atom is 0.416 e. The molecular weight excluding hydrogens is 581 g/mol. The Hall–Kier alpha value is -4.73. The first-order valence-corrected chi connectivity index (χ1v) is 13.0. The zero-order chi connectivity index (χ0) is 31.3. The van der Waals surface area contributed by atoms with Gasteiger partial charge in [-0.05, 0) is 65.9 Å². The van der Waals surface area contributed by atoms with E-state index in [4.69, 9.17) is 0 Å². The number of carbonyl (C=O) groups is 1. The van der Waals surface area contributed by atoms with Crippen molar-refractivity contribution < 1.29 is 35.5 Å². The van der Waals surface area contributed by atoms with Gasteiger partial charge in [0, 0.05) is 30.6 Å². The zero-order valence-corrected chi connectivity index (χ0v) is 22.4. The molecule has 1 aliphatic heterocycles. The van der Waals surface area contributed by atoms with Crippen LogP contribution in [0.3, 0.4) is 0 Å². The number of alkyl halides is 6. The first-order valence-electron chi connectivity index (χ1n) is 13.0. The minimum absolute atomic E-state index is 0.0115. The number of halogens is 7. The number of nitriles is 1. The standard InChI is InChI=1S/C30H21F7N4O2/c1-16-8-9-41-26(24(18-2-4-21(31)5-3-18)23-7-6-22(13-38)39-25(23)27(41)42)28(43)40(14-16)15-17-10-19(29(32,33)34)12-20(11-17)30(35,36)37/h2-7,10-12,16H,8-9,14-15H2,1H3. The van der Waals surface area contributed by atoms with Gasteiger partial charge in [0.05, 0.1) is 11.1 Å². The molecule has 0 spiro atoms. The van der Waals surface area contributed by atoms with Crippen LogP contribution >= 0.6 is 0 Å². The van der Waals surface area contributed by atoms with Crippen molar-refractivity contribution in [3.8, 4) is 17.2 Å². The summed E-state index contributed by atoms with van der Waals surface area (Å²) in [4.78, 5) is 33.2. The summed E-state index contributed by atoms with van der Waals surface area (Å²) in [5.41, 5.74) is -4.02. The molecule has 0 bridgehead atoms. The molecular formula is C30H21F7N4O2. The number of rotatable bonds is 3. The molecule has 43 heavy (non-hydrogen) atoms. The fourth-order valence-electron chi connectivity index (χ4n) is 5.24. The van der Waals surface area contributed by atoms with Crippen molar-refractivity contribution in [1.29, 1.82) is 5.26 Å². The molecule has 0 radical (unpaired) electrons. The summed E-state index contributed by atoms with van der Waals surface area (Å²) in [5, 5.41) is 9.52. The highest BCUT2D eigenvalue weighted by molar-refractivity contribution is 6.07. The fraction of sp³-hybridized carbons (Fsp3) is 0.267. The molecule has 1 unspecified atom stereocenters. The van der Waals surface area contributed by atoms with Crippen molar-refractivity contribution >= 4 is 16.8 Å². The number of pyridine rings is 2. The third-order valence-electron chi connectivity index (χ3n) is 7.25. The maximum absolute atomic E-state index is 14.3. The van der Waals surface area contributed by atoms with Crippen LogP contribution in [0.4, 0.5) is 30.7 Å². The van der Waals surface area contributed by atoms with Gasteiger partial charge >= 0.3 is 12.4 Å². The number of aromatic nitrogens is 2. The second-order valence-corrected chi connectivity index (χ2v) is 10.4. The van der Waals surface area contributed by atoms with E-state index < -0.39 is 52.9 Å². The number of carbonyl (C=O) groups excluding carboxylic acids is 1. The van der Waals surface area contributed by atoms with E-state index in [9.17, 15) is 45.6 Å². The smallest absolute Gasteiger partial charge is 0.333 e. The number of fused-ring (bicyclic) bond motifs is 2. The maximum atomic E-state index is 14.3. The van der Waals surface area contributed by atoms with Crippen LogP contribution in [0.25, 0.3) is 22.0 Å². The van der Waals surface area contributed by atoms with Crippen molar-refractivity contribution in [2.45, 2.75) is 38.8 Å². The van der Waals surface area contributed by atoms with Crippen molar-refractivity contribution in [2.24, 2.45) is 5.92 Å². The average molecular weight is 603 g/mol. The predicted octanol–water partition coefficient (Wildman–Crippen LogP) is 6.79. The molecule has 6 nitrogen and oxygen atoms in total. The highest BCUT2D eigenvalue weighted by atomic mass is 19.4. The van der Waals surface area contributed by atoms with Crippen LogP contribution < -0.4 is 5.56 Å². The normalized spacial score (nSPS) is 16.0. The van der Waals surface area contributed by atoms with E-state index in [2.05, 4.69) is 4.98 Å². The van der Waals surface area contributed by atoms with Crippen LogP contribution in [0.1, 0.15) is 46.2 Å². The minimum Gasteiger partial charge on any atom is -0.333 e. The average Bonchev–Trinajstić information content (AvgIpc) is 2.94. The summed E-state index contributed by atoms with van der Waals surface area (Å²) in [6, 6.07) is 10.8. The van der Waals surface area contributed by atoms with Crippen LogP contribution in [0.15, 0.2) is 59.4 Å². The van der Waals surface area contributed by atoms with Gasteiger partial charge in [-0.1, -0.05) is 19.1 Å². The lowest BCUT2D eigenvalue weighted by molar-refractivity contribution is -0.143. The van der Waals surface area contributed by atoms with Gasteiger partial charge < -0.3 is 9.47 Å². The Morgan fingerprint density at radius 2 is 1.58 bits per heavy atom. The third kappa shape index (κ3) is 5.82. The molecule has 1 atom stereocenters. The van der Waals surface area contributed by atoms with Gasteiger partial charge in [-0.3, -0.25) is 9.59 Å². The summed E-state index contributed by atoms with van der Waals surface area (Å²) in [7, 11) is 0. The molecule has 0 saturated heterocycles. The van der Waals surface area contributed by atoms with Gasteiger partial charge in [-0.15, -0.1) is 0 Å². The van der Waals surface area contributed by atoms with Crippen LogP contribution in [0, 0.1) is 23.1 Å². The Morgan fingerprint density at radius 1 is 0.953 bits per heavy atom. The summed E-state index contributed by atoms with van der Waals surface area (Å²) in [6.07, 6.45) is -9.83. The Labute approximate surface area is 239 Å². The molecule has 222 valence electrons. The zero-order valence-electron chi connectivity index (χ0n) is 22.4. The van der Waals surface area contributed by atoms with E-state index in [1.807, 2.05) is 6.07 Å². The van der Waals surface area contributed by atoms with Gasteiger partial charge in [0.15, 0.2) is 0 Å². The van der Waals surface area contributed by atoms with Gasteiger partial charge in [-0.25, -0.2) is 9.37 Å². The monoisotopic (exact) mass is 602 g/mol. The second kappa shape index (κ2) is 10.8. The summed E-state index contributed by atoms with van der Waals surface area (Å²) < 4.78 is 96.3. The molecule has 1 amide bonds. The number of hydrogen-bond acceptors (Lipinski definition) is 4. The molecule has 13 heteroatoms. The fourth-order valence-corrected chi connectivity index (χ4v) is 5.24. The van der Waals surface area contributed by atoms with E-state index >= 15 is 0 Å². The molecule has 5 rings (SSSR count). The summed E-state index contributed by atoms with van der Waals surface area (Å²) in [6.45, 7) is 1.13.